The average molecular weight is 548 g/mol. The van der Waals surface area contributed by atoms with Crippen molar-refractivity contribution in [3.05, 3.63) is 52.2 Å². The van der Waals surface area contributed by atoms with Crippen molar-refractivity contribution in [3.8, 4) is 28.6 Å². The van der Waals surface area contributed by atoms with E-state index in [0.717, 1.165) is 6.07 Å². The number of methoxy groups -OCH3 is 1. The molecule has 1 aromatic heterocycles. The van der Waals surface area contributed by atoms with Crippen LogP contribution >= 0.6 is 0 Å². The first-order chi connectivity index (χ1) is 18.6. The Labute approximate surface area is 220 Å². The van der Waals surface area contributed by atoms with Gasteiger partial charge in [-0.1, -0.05) is 0 Å². The number of hydrogen-bond acceptors (Lipinski definition) is 13. The van der Waals surface area contributed by atoms with E-state index in [9.17, 15) is 40.5 Å². The molecule has 0 amide bonds. The molecule has 210 valence electrons. The molecule has 0 aliphatic carbocycles. The fourth-order valence-corrected chi connectivity index (χ4v) is 4.77. The highest BCUT2D eigenvalue weighted by molar-refractivity contribution is 5.89. The van der Waals surface area contributed by atoms with Crippen molar-refractivity contribution in [1.82, 2.24) is 0 Å². The highest BCUT2D eigenvalue weighted by Gasteiger charge is 2.47. The van der Waals surface area contributed by atoms with Gasteiger partial charge < -0.3 is 59.1 Å². The van der Waals surface area contributed by atoms with Crippen LogP contribution in [-0.4, -0.2) is 99.0 Å². The van der Waals surface area contributed by atoms with Gasteiger partial charge in [-0.2, -0.15) is 0 Å². The summed E-state index contributed by atoms with van der Waals surface area (Å²) in [6, 6.07) is 8.16. The minimum absolute atomic E-state index is 0.00483. The Morgan fingerprint density at radius 2 is 1.54 bits per heavy atom. The largest absolute Gasteiger partial charge is 0.508 e. The third-order valence-electron chi connectivity index (χ3n) is 6.86. The average Bonchev–Trinajstić information content (AvgIpc) is 2.91. The van der Waals surface area contributed by atoms with Crippen molar-refractivity contribution in [1.29, 1.82) is 0 Å². The summed E-state index contributed by atoms with van der Waals surface area (Å²) < 4.78 is 28.5. The van der Waals surface area contributed by atoms with Crippen molar-refractivity contribution in [2.75, 3.05) is 20.3 Å². The van der Waals surface area contributed by atoms with Crippen molar-refractivity contribution < 1.29 is 59.1 Å². The maximum Gasteiger partial charge on any atom is 0.197 e. The van der Waals surface area contributed by atoms with Crippen molar-refractivity contribution in [2.24, 2.45) is 0 Å². The Kier molecular flexibility index (Phi) is 7.50. The Morgan fingerprint density at radius 3 is 2.23 bits per heavy atom. The highest BCUT2D eigenvalue weighted by atomic mass is 16.7. The Bertz CT molecular complexity index is 1390. The lowest BCUT2D eigenvalue weighted by atomic mass is 9.91. The fraction of sp³-hybridized carbons (Fsp3) is 0.423. The molecule has 3 heterocycles. The van der Waals surface area contributed by atoms with E-state index < -0.39 is 60.2 Å². The standard InChI is InChI=1S/C26H28O13/c1-35-17-7-13(29)18-12(28)6-16(10-2-4-11(27)5-3-10)38-23(18)19(17)24-25(21(33)15(31)8-36-24)39-26-22(34)20(32)14(30)9-37-26/h2-7,14-15,20-22,24-27,29-34H,8-9H2,1H3/t14-,15+,20+,21+,22?,24+,25?,26+/m1/s1. The summed E-state index contributed by atoms with van der Waals surface area (Å²) in [4.78, 5) is 13.1. The van der Waals surface area contributed by atoms with Crippen LogP contribution in [0.15, 0.2) is 45.6 Å². The number of fused-ring (bicyclic) bond motifs is 1. The maximum absolute atomic E-state index is 13.1. The lowest BCUT2D eigenvalue weighted by Gasteiger charge is -2.43. The van der Waals surface area contributed by atoms with E-state index >= 15 is 0 Å². The number of benzene rings is 2. The summed E-state index contributed by atoms with van der Waals surface area (Å²) in [7, 11) is 1.29. The van der Waals surface area contributed by atoms with Crippen LogP contribution in [0, 0.1) is 0 Å². The number of aliphatic hydroxyl groups excluding tert-OH is 5. The molecule has 0 saturated carbocycles. The van der Waals surface area contributed by atoms with E-state index in [1.54, 1.807) is 0 Å². The number of aliphatic hydroxyl groups is 5. The van der Waals surface area contributed by atoms with Gasteiger partial charge in [-0.3, -0.25) is 4.79 Å². The Balaban J connectivity index is 1.66. The summed E-state index contributed by atoms with van der Waals surface area (Å²) in [6.45, 7) is -0.745. The molecule has 7 N–H and O–H groups in total. The molecule has 39 heavy (non-hydrogen) atoms. The molecule has 2 aliphatic rings. The molecule has 2 aromatic carbocycles. The van der Waals surface area contributed by atoms with Gasteiger partial charge in [0.2, 0.25) is 0 Å². The van der Waals surface area contributed by atoms with Gasteiger partial charge in [-0.05, 0) is 24.3 Å². The molecule has 3 aromatic rings. The third kappa shape index (κ3) is 4.95. The number of phenolic OH excluding ortho intramolecular Hbond substituents is 2. The van der Waals surface area contributed by atoms with Crippen LogP contribution in [0.1, 0.15) is 11.7 Å². The monoisotopic (exact) mass is 548 g/mol. The van der Waals surface area contributed by atoms with E-state index in [2.05, 4.69) is 0 Å². The van der Waals surface area contributed by atoms with Gasteiger partial charge in [0.15, 0.2) is 17.3 Å². The molecule has 13 heteroatoms. The van der Waals surface area contributed by atoms with Crippen LogP contribution in [0.25, 0.3) is 22.3 Å². The predicted octanol–water partition coefficient (Wildman–Crippen LogP) is -0.503. The molecular weight excluding hydrogens is 520 g/mol. The van der Waals surface area contributed by atoms with Crippen LogP contribution in [-0.2, 0) is 14.2 Å². The lowest BCUT2D eigenvalue weighted by Crippen LogP contribution is -2.58. The Hall–Kier alpha value is -3.27. The molecule has 2 saturated heterocycles. The molecule has 2 aliphatic heterocycles. The van der Waals surface area contributed by atoms with E-state index in [4.69, 9.17) is 23.4 Å². The molecule has 0 bridgehead atoms. The second kappa shape index (κ2) is 10.7. The van der Waals surface area contributed by atoms with Crippen LogP contribution < -0.4 is 10.2 Å². The van der Waals surface area contributed by atoms with E-state index in [1.165, 1.54) is 37.4 Å². The summed E-state index contributed by atoms with van der Waals surface area (Å²) in [5, 5.41) is 71.5. The highest BCUT2D eigenvalue weighted by Crippen LogP contribution is 2.44. The SMILES string of the molecule is COc1cc(O)c2c(=O)cc(-c3ccc(O)cc3)oc2c1[C@@H]1OC[C@H](O)[C@H](O)C1O[C@@H]1OC[C@@H](O)[C@H](O)C1O. The van der Waals surface area contributed by atoms with Crippen LogP contribution in [0.4, 0.5) is 0 Å². The second-order valence-corrected chi connectivity index (χ2v) is 9.40. The van der Waals surface area contributed by atoms with Gasteiger partial charge in [0.05, 0.1) is 25.9 Å². The zero-order valence-electron chi connectivity index (χ0n) is 20.6. The van der Waals surface area contributed by atoms with E-state index in [1.807, 2.05) is 0 Å². The molecule has 0 spiro atoms. The topological polar surface area (TPSA) is 209 Å². The number of aromatic hydroxyl groups is 2. The minimum Gasteiger partial charge on any atom is -0.508 e. The van der Waals surface area contributed by atoms with Crippen molar-refractivity contribution in [2.45, 2.75) is 49.0 Å². The van der Waals surface area contributed by atoms with Crippen molar-refractivity contribution >= 4 is 11.0 Å². The van der Waals surface area contributed by atoms with Gasteiger partial charge in [-0.15, -0.1) is 0 Å². The zero-order valence-corrected chi connectivity index (χ0v) is 20.6. The normalized spacial score (nSPS) is 31.3. The number of hydrogen-bond donors (Lipinski definition) is 7. The number of ether oxygens (including phenoxy) is 4. The smallest absolute Gasteiger partial charge is 0.197 e. The quantitative estimate of drug-likeness (QED) is 0.215. The van der Waals surface area contributed by atoms with Crippen LogP contribution in [0.5, 0.6) is 17.2 Å². The van der Waals surface area contributed by atoms with Gasteiger partial charge >= 0.3 is 0 Å². The van der Waals surface area contributed by atoms with Gasteiger partial charge in [0, 0.05) is 17.7 Å². The maximum atomic E-state index is 13.1. The molecular formula is C26H28O13. The lowest BCUT2D eigenvalue weighted by molar-refractivity contribution is -0.316. The molecule has 8 atom stereocenters. The summed E-state index contributed by atoms with van der Waals surface area (Å²) in [5.74, 6) is -0.379. The first-order valence-electron chi connectivity index (χ1n) is 12.1. The first kappa shape index (κ1) is 27.3. The summed E-state index contributed by atoms with van der Waals surface area (Å²) in [5.41, 5.74) is -0.299. The van der Waals surface area contributed by atoms with Gasteiger partial charge in [-0.25, -0.2) is 0 Å². The molecule has 0 radical (unpaired) electrons. The Morgan fingerprint density at radius 1 is 0.872 bits per heavy atom. The number of phenols is 2. The molecule has 13 nitrogen and oxygen atoms in total. The third-order valence-corrected chi connectivity index (χ3v) is 6.86. The zero-order chi connectivity index (χ0) is 28.0. The van der Waals surface area contributed by atoms with Gasteiger partial charge in [0.25, 0.3) is 0 Å². The fourth-order valence-electron chi connectivity index (χ4n) is 4.77. The second-order valence-electron chi connectivity index (χ2n) is 9.40. The summed E-state index contributed by atoms with van der Waals surface area (Å²) in [6.07, 6.45) is -12.0. The van der Waals surface area contributed by atoms with Crippen LogP contribution in [0.3, 0.4) is 0 Å². The van der Waals surface area contributed by atoms with Gasteiger partial charge in [0.1, 0.15) is 71.1 Å². The van der Waals surface area contributed by atoms with E-state index in [0.29, 0.717) is 5.56 Å². The predicted molar refractivity (Wildman–Crippen MR) is 131 cm³/mol. The van der Waals surface area contributed by atoms with Crippen LogP contribution in [0.2, 0.25) is 0 Å². The first-order valence-corrected chi connectivity index (χ1v) is 12.1. The molecule has 2 fully saturated rings. The van der Waals surface area contributed by atoms with Crippen molar-refractivity contribution in [3.63, 3.8) is 0 Å². The molecule has 2 unspecified atom stereocenters. The molecule has 5 rings (SSSR count). The number of rotatable bonds is 5. The summed E-state index contributed by atoms with van der Waals surface area (Å²) >= 11 is 0. The minimum atomic E-state index is -1.71. The van der Waals surface area contributed by atoms with E-state index in [-0.39, 0.29) is 47.0 Å².